The van der Waals surface area contributed by atoms with Crippen molar-refractivity contribution in [2.24, 2.45) is 17.8 Å². The Kier molecular flexibility index (Phi) is 4.04. The van der Waals surface area contributed by atoms with E-state index in [1.807, 2.05) is 0 Å². The predicted molar refractivity (Wildman–Crippen MR) is 60.7 cm³/mol. The highest BCUT2D eigenvalue weighted by molar-refractivity contribution is 4.82. The largest absolute Gasteiger partial charge is 0.392 e. The van der Waals surface area contributed by atoms with E-state index in [9.17, 15) is 5.11 Å². The first-order valence-corrected chi connectivity index (χ1v) is 6.53. The van der Waals surface area contributed by atoms with Gasteiger partial charge in [-0.3, -0.25) is 0 Å². The molecule has 1 aliphatic carbocycles. The van der Waals surface area contributed by atoms with Crippen LogP contribution in [-0.4, -0.2) is 24.4 Å². The summed E-state index contributed by atoms with van der Waals surface area (Å²) < 4.78 is 5.46. The van der Waals surface area contributed by atoms with E-state index < -0.39 is 0 Å². The molecule has 2 nitrogen and oxygen atoms in total. The van der Waals surface area contributed by atoms with E-state index in [4.69, 9.17) is 4.74 Å². The Morgan fingerprint density at radius 3 is 2.60 bits per heavy atom. The molecule has 0 aromatic rings. The van der Waals surface area contributed by atoms with Crippen molar-refractivity contribution in [3.05, 3.63) is 0 Å². The van der Waals surface area contributed by atoms with Crippen LogP contribution < -0.4 is 0 Å². The zero-order valence-corrected chi connectivity index (χ0v) is 9.82. The lowest BCUT2D eigenvalue weighted by Gasteiger charge is -2.36. The molecule has 15 heavy (non-hydrogen) atoms. The van der Waals surface area contributed by atoms with Crippen molar-refractivity contribution < 1.29 is 9.84 Å². The molecule has 0 aromatic heterocycles. The van der Waals surface area contributed by atoms with Gasteiger partial charge >= 0.3 is 0 Å². The SMILES string of the molecule is CC1CCCC(C(O)C2CCCOC2)C1. The number of ether oxygens (including phenoxy) is 1. The second-order valence-corrected chi connectivity index (χ2v) is 5.50. The van der Waals surface area contributed by atoms with Gasteiger partial charge in [0.1, 0.15) is 0 Å². The van der Waals surface area contributed by atoms with Crippen LogP contribution in [0.5, 0.6) is 0 Å². The minimum atomic E-state index is -0.104. The maximum atomic E-state index is 10.3. The maximum Gasteiger partial charge on any atom is 0.0618 e. The molecule has 4 atom stereocenters. The molecule has 0 spiro atoms. The Morgan fingerprint density at radius 2 is 1.93 bits per heavy atom. The molecular formula is C13H24O2. The van der Waals surface area contributed by atoms with Crippen LogP contribution in [0.2, 0.25) is 0 Å². The number of hydrogen-bond acceptors (Lipinski definition) is 2. The topological polar surface area (TPSA) is 29.5 Å². The minimum absolute atomic E-state index is 0.104. The summed E-state index contributed by atoms with van der Waals surface area (Å²) in [7, 11) is 0. The summed E-state index contributed by atoms with van der Waals surface area (Å²) in [6, 6.07) is 0. The molecule has 4 unspecified atom stereocenters. The van der Waals surface area contributed by atoms with E-state index in [-0.39, 0.29) is 6.10 Å². The Bertz CT molecular complexity index is 187. The van der Waals surface area contributed by atoms with Crippen molar-refractivity contribution in [3.63, 3.8) is 0 Å². The zero-order valence-electron chi connectivity index (χ0n) is 9.82. The molecule has 1 heterocycles. The molecule has 2 aliphatic rings. The van der Waals surface area contributed by atoms with E-state index in [1.165, 1.54) is 25.7 Å². The monoisotopic (exact) mass is 212 g/mol. The van der Waals surface area contributed by atoms with Crippen LogP contribution in [0.3, 0.4) is 0 Å². The van der Waals surface area contributed by atoms with Crippen molar-refractivity contribution >= 4 is 0 Å². The van der Waals surface area contributed by atoms with Gasteiger partial charge in [0, 0.05) is 12.5 Å². The van der Waals surface area contributed by atoms with Crippen LogP contribution in [0, 0.1) is 17.8 Å². The van der Waals surface area contributed by atoms with Crippen LogP contribution in [-0.2, 0) is 4.74 Å². The van der Waals surface area contributed by atoms with Crippen molar-refractivity contribution in [1.82, 2.24) is 0 Å². The summed E-state index contributed by atoms with van der Waals surface area (Å²) in [5.74, 6) is 1.76. The lowest BCUT2D eigenvalue weighted by molar-refractivity contribution is -0.0435. The minimum Gasteiger partial charge on any atom is -0.392 e. The summed E-state index contributed by atoms with van der Waals surface area (Å²) in [4.78, 5) is 0. The van der Waals surface area contributed by atoms with Gasteiger partial charge in [-0.1, -0.05) is 19.8 Å². The van der Waals surface area contributed by atoms with Gasteiger partial charge in [0.25, 0.3) is 0 Å². The number of aliphatic hydroxyl groups is 1. The van der Waals surface area contributed by atoms with Crippen molar-refractivity contribution in [1.29, 1.82) is 0 Å². The molecule has 0 aromatic carbocycles. The molecule has 1 N–H and O–H groups in total. The third-order valence-electron chi connectivity index (χ3n) is 4.14. The fraction of sp³-hybridized carbons (Fsp3) is 1.00. The summed E-state index contributed by atoms with van der Waals surface area (Å²) in [5.41, 5.74) is 0. The molecular weight excluding hydrogens is 188 g/mol. The van der Waals surface area contributed by atoms with Gasteiger partial charge in [0.2, 0.25) is 0 Å². The van der Waals surface area contributed by atoms with Gasteiger partial charge < -0.3 is 9.84 Å². The zero-order chi connectivity index (χ0) is 10.7. The third kappa shape index (κ3) is 2.94. The lowest BCUT2D eigenvalue weighted by Crippen LogP contribution is -2.36. The number of rotatable bonds is 2. The van der Waals surface area contributed by atoms with Crippen LogP contribution >= 0.6 is 0 Å². The average Bonchev–Trinajstić information content (AvgIpc) is 2.29. The summed E-state index contributed by atoms with van der Waals surface area (Å²) >= 11 is 0. The first-order valence-electron chi connectivity index (χ1n) is 6.53. The highest BCUT2D eigenvalue weighted by atomic mass is 16.5. The number of aliphatic hydroxyl groups excluding tert-OH is 1. The maximum absolute atomic E-state index is 10.3. The molecule has 2 rings (SSSR count). The lowest BCUT2D eigenvalue weighted by atomic mass is 9.75. The molecule has 0 radical (unpaired) electrons. The van der Waals surface area contributed by atoms with Gasteiger partial charge in [0.05, 0.1) is 12.7 Å². The standard InChI is InChI=1S/C13H24O2/c1-10-4-2-5-11(8-10)13(14)12-6-3-7-15-9-12/h10-14H,2-9H2,1H3. The van der Waals surface area contributed by atoms with Gasteiger partial charge in [-0.05, 0) is 37.5 Å². The summed E-state index contributed by atoms with van der Waals surface area (Å²) in [5, 5.41) is 10.3. The second kappa shape index (κ2) is 5.31. The van der Waals surface area contributed by atoms with E-state index in [1.54, 1.807) is 0 Å². The Balaban J connectivity index is 1.85. The van der Waals surface area contributed by atoms with Crippen molar-refractivity contribution in [2.75, 3.05) is 13.2 Å². The Morgan fingerprint density at radius 1 is 1.13 bits per heavy atom. The van der Waals surface area contributed by atoms with Gasteiger partial charge in [0.15, 0.2) is 0 Å². The summed E-state index contributed by atoms with van der Waals surface area (Å²) in [6.45, 7) is 3.99. The van der Waals surface area contributed by atoms with Crippen LogP contribution in [0.1, 0.15) is 45.4 Å². The molecule has 0 amide bonds. The van der Waals surface area contributed by atoms with Crippen LogP contribution in [0.15, 0.2) is 0 Å². The quantitative estimate of drug-likeness (QED) is 0.762. The molecule has 0 bridgehead atoms. The van der Waals surface area contributed by atoms with E-state index in [0.29, 0.717) is 11.8 Å². The Hall–Kier alpha value is -0.0800. The first-order chi connectivity index (χ1) is 7.27. The van der Waals surface area contributed by atoms with Gasteiger partial charge in [-0.2, -0.15) is 0 Å². The molecule has 1 aliphatic heterocycles. The first kappa shape index (κ1) is 11.4. The number of hydrogen-bond donors (Lipinski definition) is 1. The fourth-order valence-electron chi connectivity index (χ4n) is 3.21. The van der Waals surface area contributed by atoms with Crippen LogP contribution in [0.25, 0.3) is 0 Å². The average molecular weight is 212 g/mol. The van der Waals surface area contributed by atoms with Crippen molar-refractivity contribution in [2.45, 2.75) is 51.6 Å². The fourth-order valence-corrected chi connectivity index (χ4v) is 3.21. The Labute approximate surface area is 93.0 Å². The highest BCUT2D eigenvalue weighted by Gasteiger charge is 2.31. The second-order valence-electron chi connectivity index (χ2n) is 5.50. The summed E-state index contributed by atoms with van der Waals surface area (Å²) in [6.07, 6.45) is 7.28. The van der Waals surface area contributed by atoms with Gasteiger partial charge in [-0.25, -0.2) is 0 Å². The smallest absolute Gasteiger partial charge is 0.0618 e. The van der Waals surface area contributed by atoms with E-state index in [2.05, 4.69) is 6.92 Å². The molecule has 1 saturated heterocycles. The van der Waals surface area contributed by atoms with Crippen LogP contribution in [0.4, 0.5) is 0 Å². The normalized spacial score (nSPS) is 40.0. The molecule has 1 saturated carbocycles. The van der Waals surface area contributed by atoms with Crippen molar-refractivity contribution in [3.8, 4) is 0 Å². The van der Waals surface area contributed by atoms with E-state index in [0.717, 1.165) is 32.0 Å². The molecule has 2 heteroatoms. The predicted octanol–water partition coefficient (Wildman–Crippen LogP) is 2.60. The van der Waals surface area contributed by atoms with E-state index >= 15 is 0 Å². The highest BCUT2D eigenvalue weighted by Crippen LogP contribution is 2.34. The van der Waals surface area contributed by atoms with Gasteiger partial charge in [-0.15, -0.1) is 0 Å². The third-order valence-corrected chi connectivity index (χ3v) is 4.14. The molecule has 2 fully saturated rings. The molecule has 88 valence electrons.